The van der Waals surface area contributed by atoms with Crippen molar-refractivity contribution in [3.63, 3.8) is 0 Å². The van der Waals surface area contributed by atoms with Gasteiger partial charge in [-0.2, -0.15) is 0 Å². The number of hydrogen-bond donors (Lipinski definition) is 2. The molecule has 1 amide bonds. The van der Waals surface area contributed by atoms with Crippen LogP contribution in [-0.4, -0.2) is 17.4 Å². The van der Waals surface area contributed by atoms with Crippen LogP contribution in [0.3, 0.4) is 0 Å². The third kappa shape index (κ3) is 2.77. The molecule has 0 radical (unpaired) electrons. The van der Waals surface area contributed by atoms with Crippen LogP contribution in [0, 0.1) is 6.92 Å². The first-order chi connectivity index (χ1) is 9.63. The number of nitrogens with one attached hydrogen (secondary N) is 2. The average Bonchev–Trinajstić information content (AvgIpc) is 2.83. The van der Waals surface area contributed by atoms with Crippen LogP contribution in [0.25, 0.3) is 0 Å². The van der Waals surface area contributed by atoms with Crippen molar-refractivity contribution < 1.29 is 4.79 Å². The van der Waals surface area contributed by atoms with E-state index in [1.54, 1.807) is 11.3 Å². The van der Waals surface area contributed by atoms with Crippen molar-refractivity contribution in [1.29, 1.82) is 0 Å². The maximum absolute atomic E-state index is 12.3. The second kappa shape index (κ2) is 5.63. The second-order valence-corrected chi connectivity index (χ2v) is 6.73. The molecule has 3 rings (SSSR count). The predicted octanol–water partition coefficient (Wildman–Crippen LogP) is 3.11. The van der Waals surface area contributed by atoms with Crippen molar-refractivity contribution >= 4 is 38.3 Å². The lowest BCUT2D eigenvalue weighted by atomic mass is 10.1. The molecule has 0 saturated heterocycles. The maximum Gasteiger partial charge on any atom is 0.257 e. The summed E-state index contributed by atoms with van der Waals surface area (Å²) in [6.45, 7) is 3.73. The lowest BCUT2D eigenvalue weighted by Gasteiger charge is -2.09. The Bertz CT molecular complexity index is 645. The number of aromatic nitrogens is 1. The summed E-state index contributed by atoms with van der Waals surface area (Å²) in [7, 11) is 0. The van der Waals surface area contributed by atoms with Gasteiger partial charge >= 0.3 is 0 Å². The number of hydrogen-bond acceptors (Lipinski definition) is 4. The molecule has 0 saturated carbocycles. The maximum atomic E-state index is 12.3. The van der Waals surface area contributed by atoms with Crippen molar-refractivity contribution in [3.05, 3.63) is 44.4 Å². The molecule has 0 unspecified atom stereocenters. The molecule has 2 aromatic rings. The molecule has 2 heterocycles. The Hall–Kier alpha value is -1.24. The molecule has 4 nitrogen and oxygen atoms in total. The number of nitrogens with zero attached hydrogens (tertiary/aromatic N) is 1. The van der Waals surface area contributed by atoms with Crippen LogP contribution in [0.1, 0.15) is 26.5 Å². The molecule has 0 fully saturated rings. The van der Waals surface area contributed by atoms with Gasteiger partial charge in [0.25, 0.3) is 5.91 Å². The van der Waals surface area contributed by atoms with E-state index in [0.717, 1.165) is 35.2 Å². The second-order valence-electron chi connectivity index (χ2n) is 4.73. The van der Waals surface area contributed by atoms with E-state index in [-0.39, 0.29) is 5.91 Å². The number of halogens is 1. The number of anilines is 1. The summed E-state index contributed by atoms with van der Waals surface area (Å²) < 4.78 is 0.899. The van der Waals surface area contributed by atoms with E-state index in [4.69, 9.17) is 0 Å². The van der Waals surface area contributed by atoms with Crippen molar-refractivity contribution in [2.45, 2.75) is 19.9 Å². The monoisotopic (exact) mass is 351 g/mol. The number of benzene rings is 1. The van der Waals surface area contributed by atoms with Gasteiger partial charge in [0.05, 0.1) is 5.69 Å². The van der Waals surface area contributed by atoms with E-state index < -0.39 is 0 Å². The van der Waals surface area contributed by atoms with Crippen molar-refractivity contribution in [3.8, 4) is 0 Å². The highest BCUT2D eigenvalue weighted by molar-refractivity contribution is 9.10. The topological polar surface area (TPSA) is 54.0 Å². The van der Waals surface area contributed by atoms with E-state index in [9.17, 15) is 4.79 Å². The average molecular weight is 352 g/mol. The number of aryl methyl sites for hydroxylation is 1. The molecule has 0 atom stereocenters. The Labute approximate surface area is 129 Å². The fourth-order valence-electron chi connectivity index (χ4n) is 2.18. The zero-order valence-electron chi connectivity index (χ0n) is 11.0. The van der Waals surface area contributed by atoms with Gasteiger partial charge in [-0.3, -0.25) is 10.1 Å². The minimum Gasteiger partial charge on any atom is -0.311 e. The Morgan fingerprint density at radius 1 is 1.50 bits per heavy atom. The largest absolute Gasteiger partial charge is 0.311 e. The van der Waals surface area contributed by atoms with E-state index in [2.05, 4.69) is 31.5 Å². The van der Waals surface area contributed by atoms with E-state index in [1.807, 2.05) is 25.1 Å². The number of carbonyl (C=O) groups excluding carboxylic acids is 1. The third-order valence-electron chi connectivity index (χ3n) is 3.27. The van der Waals surface area contributed by atoms with Crippen LogP contribution in [0.2, 0.25) is 0 Å². The molecule has 0 bridgehead atoms. The Balaban J connectivity index is 1.82. The minimum absolute atomic E-state index is 0.108. The van der Waals surface area contributed by atoms with Crippen molar-refractivity contribution in [1.82, 2.24) is 10.3 Å². The van der Waals surface area contributed by atoms with Crippen LogP contribution < -0.4 is 10.6 Å². The zero-order valence-corrected chi connectivity index (χ0v) is 13.4. The molecule has 104 valence electrons. The SMILES string of the molecule is Cc1ccc(Br)cc1C(=O)Nc1nc2c(s1)CNCC2. The van der Waals surface area contributed by atoms with E-state index in [1.165, 1.54) is 4.88 Å². The number of carbonyl (C=O) groups is 1. The fourth-order valence-corrected chi connectivity index (χ4v) is 3.52. The molecule has 0 aliphatic carbocycles. The highest BCUT2D eigenvalue weighted by Crippen LogP contribution is 2.26. The first-order valence-electron chi connectivity index (χ1n) is 6.40. The first kappa shape index (κ1) is 13.7. The predicted molar refractivity (Wildman–Crippen MR) is 84.4 cm³/mol. The summed E-state index contributed by atoms with van der Waals surface area (Å²) in [6.07, 6.45) is 0.928. The lowest BCUT2D eigenvalue weighted by Crippen LogP contribution is -2.22. The molecule has 1 aliphatic heterocycles. The molecule has 6 heteroatoms. The van der Waals surface area contributed by atoms with Gasteiger partial charge in [0.15, 0.2) is 5.13 Å². The highest BCUT2D eigenvalue weighted by Gasteiger charge is 2.17. The summed E-state index contributed by atoms with van der Waals surface area (Å²) in [4.78, 5) is 18.0. The van der Waals surface area contributed by atoms with Crippen LogP contribution in [-0.2, 0) is 13.0 Å². The summed E-state index contributed by atoms with van der Waals surface area (Å²) in [5.41, 5.74) is 2.73. The number of thiazole rings is 1. The smallest absolute Gasteiger partial charge is 0.257 e. The zero-order chi connectivity index (χ0) is 14.1. The van der Waals surface area contributed by atoms with E-state index >= 15 is 0 Å². The van der Waals surface area contributed by atoms with Gasteiger partial charge < -0.3 is 5.32 Å². The molecular formula is C14H14BrN3OS. The van der Waals surface area contributed by atoms with Gasteiger partial charge in [-0.25, -0.2) is 4.98 Å². The molecular weight excluding hydrogens is 338 g/mol. The van der Waals surface area contributed by atoms with Gasteiger partial charge in [0, 0.05) is 34.4 Å². The van der Waals surface area contributed by atoms with Gasteiger partial charge in [-0.1, -0.05) is 22.0 Å². The van der Waals surface area contributed by atoms with Crippen LogP contribution in [0.4, 0.5) is 5.13 Å². The Kier molecular flexibility index (Phi) is 3.87. The molecule has 20 heavy (non-hydrogen) atoms. The fraction of sp³-hybridized carbons (Fsp3) is 0.286. The summed E-state index contributed by atoms with van der Waals surface area (Å²) in [6, 6.07) is 5.69. The normalized spacial score (nSPS) is 13.9. The summed E-state index contributed by atoms with van der Waals surface area (Å²) in [5.74, 6) is -0.108. The molecule has 2 N–H and O–H groups in total. The molecule has 0 spiro atoms. The third-order valence-corrected chi connectivity index (χ3v) is 4.77. The van der Waals surface area contributed by atoms with Gasteiger partial charge in [-0.05, 0) is 24.6 Å². The Morgan fingerprint density at radius 3 is 3.15 bits per heavy atom. The van der Waals surface area contributed by atoms with Crippen molar-refractivity contribution in [2.75, 3.05) is 11.9 Å². The summed E-state index contributed by atoms with van der Waals surface area (Å²) >= 11 is 4.95. The van der Waals surface area contributed by atoms with E-state index in [0.29, 0.717) is 10.7 Å². The van der Waals surface area contributed by atoms with Crippen molar-refractivity contribution in [2.24, 2.45) is 0 Å². The number of rotatable bonds is 2. The standard InChI is InChI=1S/C14H14BrN3OS/c1-8-2-3-9(15)6-10(8)13(19)18-14-17-11-4-5-16-7-12(11)20-14/h2-3,6,16H,4-5,7H2,1H3,(H,17,18,19). The Morgan fingerprint density at radius 2 is 2.35 bits per heavy atom. The minimum atomic E-state index is -0.108. The number of amides is 1. The highest BCUT2D eigenvalue weighted by atomic mass is 79.9. The quantitative estimate of drug-likeness (QED) is 0.873. The molecule has 1 aromatic heterocycles. The lowest BCUT2D eigenvalue weighted by molar-refractivity contribution is 0.102. The van der Waals surface area contributed by atoms with Crippen LogP contribution in [0.5, 0.6) is 0 Å². The first-order valence-corrected chi connectivity index (χ1v) is 8.01. The summed E-state index contributed by atoms with van der Waals surface area (Å²) in [5, 5.41) is 6.89. The van der Waals surface area contributed by atoms with Crippen LogP contribution >= 0.6 is 27.3 Å². The molecule has 1 aromatic carbocycles. The van der Waals surface area contributed by atoms with Gasteiger partial charge in [0.1, 0.15) is 0 Å². The molecule has 1 aliphatic rings. The van der Waals surface area contributed by atoms with Gasteiger partial charge in [-0.15, -0.1) is 11.3 Å². The number of fused-ring (bicyclic) bond motifs is 1. The van der Waals surface area contributed by atoms with Crippen LogP contribution in [0.15, 0.2) is 22.7 Å². The van der Waals surface area contributed by atoms with Gasteiger partial charge in [0.2, 0.25) is 0 Å².